The SMILES string of the molecule is COc1cc(S(C)(=C=O)=C=O)ccc1NCC#Cc1c(CC(F)(F)F)n(C)c2cc(-c3ccc4c(c3)CCN(C(=O)OC(C)(C)C)C4)c(Br)cc12. The first-order valence-electron chi connectivity index (χ1n) is 15.9. The van der Waals surface area contributed by atoms with Crippen molar-refractivity contribution in [3.8, 4) is 28.7 Å². The van der Waals surface area contributed by atoms with E-state index in [1.165, 1.54) is 13.4 Å². The molecule has 3 aromatic carbocycles. The lowest BCUT2D eigenvalue weighted by Crippen LogP contribution is -2.39. The van der Waals surface area contributed by atoms with Crippen LogP contribution >= 0.6 is 25.1 Å². The van der Waals surface area contributed by atoms with Crippen molar-refractivity contribution in [1.29, 1.82) is 0 Å². The molecule has 0 radical (unpaired) electrons. The van der Waals surface area contributed by atoms with Crippen LogP contribution in [0, 0.1) is 11.8 Å². The normalized spacial score (nSPS) is 13.1. The molecule has 0 spiro atoms. The van der Waals surface area contributed by atoms with Crippen molar-refractivity contribution < 1.29 is 37.0 Å². The molecule has 5 rings (SSSR count). The Kier molecular flexibility index (Phi) is 10.8. The van der Waals surface area contributed by atoms with Crippen LogP contribution in [0.4, 0.5) is 23.7 Å². The van der Waals surface area contributed by atoms with Crippen LogP contribution in [0.3, 0.4) is 0 Å². The maximum atomic E-state index is 13.9. The highest BCUT2D eigenvalue weighted by molar-refractivity contribution is 9.10. The highest BCUT2D eigenvalue weighted by Crippen LogP contribution is 2.39. The lowest BCUT2D eigenvalue weighted by atomic mass is 9.94. The van der Waals surface area contributed by atoms with Crippen molar-refractivity contribution in [3.63, 3.8) is 0 Å². The number of ether oxygens (including phenoxy) is 2. The summed E-state index contributed by atoms with van der Waals surface area (Å²) in [7, 11) is 0.505. The molecule has 0 saturated carbocycles. The Bertz CT molecular complexity index is 2260. The first kappa shape index (κ1) is 37.7. The number of aryl methyl sites for hydroxylation is 1. The highest BCUT2D eigenvalue weighted by atomic mass is 79.9. The maximum absolute atomic E-state index is 13.9. The van der Waals surface area contributed by atoms with Crippen LogP contribution < -0.4 is 10.1 Å². The van der Waals surface area contributed by atoms with Gasteiger partial charge < -0.3 is 24.3 Å². The summed E-state index contributed by atoms with van der Waals surface area (Å²) >= 11 is 3.67. The van der Waals surface area contributed by atoms with Gasteiger partial charge in [-0.05, 0) is 95.2 Å². The average molecular weight is 785 g/mol. The molecular formula is C38H37BrF3N3O5S. The molecule has 13 heteroatoms. The van der Waals surface area contributed by atoms with Gasteiger partial charge in [0.15, 0.2) is 10.5 Å². The molecular weight excluding hydrogens is 747 g/mol. The molecule has 8 nitrogen and oxygen atoms in total. The van der Waals surface area contributed by atoms with Gasteiger partial charge in [0, 0.05) is 46.1 Å². The lowest BCUT2D eigenvalue weighted by Gasteiger charge is -2.31. The molecule has 0 fully saturated rings. The molecule has 0 aliphatic carbocycles. The Morgan fingerprint density at radius 2 is 1.76 bits per heavy atom. The van der Waals surface area contributed by atoms with Crippen LogP contribution in [0.25, 0.3) is 22.0 Å². The first-order valence-corrected chi connectivity index (χ1v) is 18.7. The Hall–Kier alpha value is -4.59. The Morgan fingerprint density at radius 1 is 1.04 bits per heavy atom. The van der Waals surface area contributed by atoms with Gasteiger partial charge in [-0.25, -0.2) is 14.4 Å². The number of anilines is 1. The summed E-state index contributed by atoms with van der Waals surface area (Å²) in [4.78, 5) is 37.6. The monoisotopic (exact) mass is 783 g/mol. The van der Waals surface area contributed by atoms with Crippen molar-refractivity contribution in [2.45, 2.75) is 56.8 Å². The van der Waals surface area contributed by atoms with Crippen molar-refractivity contribution in [3.05, 3.63) is 75.4 Å². The zero-order chi connectivity index (χ0) is 37.3. The molecule has 0 atom stereocenters. The van der Waals surface area contributed by atoms with E-state index in [9.17, 15) is 27.6 Å². The minimum absolute atomic E-state index is 0.0427. The number of aromatic nitrogens is 1. The van der Waals surface area contributed by atoms with Gasteiger partial charge in [0.25, 0.3) is 0 Å². The second kappa shape index (κ2) is 14.6. The number of fused-ring (bicyclic) bond motifs is 2. The van der Waals surface area contributed by atoms with Crippen molar-refractivity contribution in [1.82, 2.24) is 9.47 Å². The number of hydrogen-bond acceptors (Lipinski definition) is 6. The van der Waals surface area contributed by atoms with Crippen molar-refractivity contribution in [2.75, 3.05) is 31.8 Å². The largest absolute Gasteiger partial charge is 0.495 e. The number of nitrogens with one attached hydrogen (secondary N) is 1. The molecule has 0 bridgehead atoms. The number of alkyl halides is 3. The topological polar surface area (TPSA) is 89.9 Å². The highest BCUT2D eigenvalue weighted by Gasteiger charge is 2.32. The fourth-order valence-corrected chi connectivity index (χ4v) is 7.41. The Balaban J connectivity index is 1.46. The predicted molar refractivity (Wildman–Crippen MR) is 198 cm³/mol. The zero-order valence-corrected chi connectivity index (χ0v) is 31.4. The number of carbonyl (C=O) groups is 1. The summed E-state index contributed by atoms with van der Waals surface area (Å²) in [5.74, 6) is 6.30. The summed E-state index contributed by atoms with van der Waals surface area (Å²) in [5, 5.41) is 7.22. The van der Waals surface area contributed by atoms with Crippen molar-refractivity contribution >= 4 is 58.3 Å². The standard InChI is InChI=1S/C38H37BrF3N3O5S/c1-37(2,3)50-36(48)45-15-13-24-16-25(9-10-26(24)21-45)29-19-33-30(18-31(29)39)28(34(44(33)4)20-38(40,41)42)8-7-14-43-32-12-11-27(17-35(32)49-5)51(6,22-46)23-47/h9-12,16-19,43H,13-15,20-21H2,1-6H3. The fraction of sp³-hybridized carbons (Fsp3) is 0.342. The molecule has 1 N–H and O–H groups in total. The summed E-state index contributed by atoms with van der Waals surface area (Å²) in [5.41, 5.74) is 4.66. The van der Waals surface area contributed by atoms with Crippen LogP contribution in [-0.4, -0.2) is 64.3 Å². The van der Waals surface area contributed by atoms with Gasteiger partial charge in [0.1, 0.15) is 11.4 Å². The van der Waals surface area contributed by atoms with Gasteiger partial charge in [-0.1, -0.05) is 46.0 Å². The molecule has 1 aliphatic rings. The number of halogens is 4. The Labute approximate surface area is 303 Å². The van der Waals surface area contributed by atoms with E-state index in [4.69, 9.17) is 9.47 Å². The Morgan fingerprint density at radius 3 is 2.41 bits per heavy atom. The molecule has 268 valence electrons. The number of nitrogens with zero attached hydrogens (tertiary/aromatic N) is 2. The van der Waals surface area contributed by atoms with Crippen LogP contribution in [0.5, 0.6) is 5.75 Å². The molecule has 1 aromatic heterocycles. The fourth-order valence-electron chi connectivity index (χ4n) is 5.93. The third-order valence-corrected chi connectivity index (χ3v) is 11.0. The molecule has 1 amide bonds. The van der Waals surface area contributed by atoms with E-state index in [0.717, 1.165) is 22.3 Å². The maximum Gasteiger partial charge on any atom is 0.410 e. The van der Waals surface area contributed by atoms with Crippen LogP contribution in [0.15, 0.2) is 57.9 Å². The summed E-state index contributed by atoms with van der Waals surface area (Å²) in [6.07, 6.45) is -3.87. The number of amides is 1. The number of carbonyl (C=O) groups excluding carboxylic acids is 3. The molecule has 1 aliphatic heterocycles. The van der Waals surface area contributed by atoms with Gasteiger partial charge >= 0.3 is 12.3 Å². The number of hydrogen-bond donors (Lipinski definition) is 1. The van der Waals surface area contributed by atoms with E-state index in [-0.39, 0.29) is 23.9 Å². The van der Waals surface area contributed by atoms with Gasteiger partial charge in [0.2, 0.25) is 0 Å². The second-order valence-electron chi connectivity index (χ2n) is 13.3. The molecule has 51 heavy (non-hydrogen) atoms. The van der Waals surface area contributed by atoms with Gasteiger partial charge in [-0.15, -0.1) is 0 Å². The van der Waals surface area contributed by atoms with Gasteiger partial charge in [0.05, 0.1) is 31.3 Å². The smallest absolute Gasteiger partial charge is 0.410 e. The molecule has 4 aromatic rings. The van der Waals surface area contributed by atoms with E-state index >= 15 is 0 Å². The van der Waals surface area contributed by atoms with Crippen molar-refractivity contribution in [2.24, 2.45) is 7.05 Å². The third-order valence-electron chi connectivity index (χ3n) is 8.52. The van der Waals surface area contributed by atoms with Gasteiger partial charge in [-0.2, -0.15) is 13.2 Å². The summed E-state index contributed by atoms with van der Waals surface area (Å²) in [6, 6.07) is 14.5. The van der Waals surface area contributed by atoms with E-state index in [1.807, 2.05) is 39.0 Å². The molecule has 0 saturated heterocycles. The second-order valence-corrected chi connectivity index (χ2v) is 16.8. The van der Waals surface area contributed by atoms with Crippen LogP contribution in [0.2, 0.25) is 0 Å². The third kappa shape index (κ3) is 8.32. The van der Waals surface area contributed by atoms with E-state index in [2.05, 4.69) is 39.2 Å². The summed E-state index contributed by atoms with van der Waals surface area (Å²) in [6.45, 7) is 6.51. The van der Waals surface area contributed by atoms with E-state index in [0.29, 0.717) is 51.2 Å². The van der Waals surface area contributed by atoms with Gasteiger partial charge in [-0.3, -0.25) is 0 Å². The van der Waals surface area contributed by atoms with E-state index < -0.39 is 27.4 Å². The molecule has 2 heterocycles. The quantitative estimate of drug-likeness (QED) is 0.156. The summed E-state index contributed by atoms with van der Waals surface area (Å²) < 4.78 is 54.8. The average Bonchev–Trinajstić information content (AvgIpc) is 3.31. The van der Waals surface area contributed by atoms with E-state index in [1.54, 1.807) is 51.2 Å². The minimum atomic E-state index is -4.47. The van der Waals surface area contributed by atoms with Crippen LogP contribution in [-0.2, 0) is 40.8 Å². The zero-order valence-electron chi connectivity index (χ0n) is 29.0. The molecule has 0 unspecified atom stereocenters. The predicted octanol–water partition coefficient (Wildman–Crippen LogP) is 8.41. The first-order chi connectivity index (χ1) is 24.0. The lowest BCUT2D eigenvalue weighted by molar-refractivity contribution is -0.128. The number of benzene rings is 3. The minimum Gasteiger partial charge on any atom is -0.495 e. The number of methoxy groups -OCH3 is 1. The number of rotatable bonds is 6. The van der Waals surface area contributed by atoms with Crippen LogP contribution in [0.1, 0.15) is 43.2 Å².